The van der Waals surface area contributed by atoms with Crippen LogP contribution in [0.3, 0.4) is 0 Å². The molecule has 24 heavy (non-hydrogen) atoms. The van der Waals surface area contributed by atoms with Crippen LogP contribution in [0.15, 0.2) is 12.1 Å². The van der Waals surface area contributed by atoms with Gasteiger partial charge in [0.2, 0.25) is 0 Å². The molecular weight excluding hydrogens is 317 g/mol. The molecule has 0 spiro atoms. The number of hydrogen-bond donors (Lipinski definition) is 1. The first kappa shape index (κ1) is 19.1. The van der Waals surface area contributed by atoms with E-state index >= 15 is 0 Å². The molecule has 6 heteroatoms. The molecule has 0 aliphatic carbocycles. The van der Waals surface area contributed by atoms with Crippen molar-refractivity contribution in [1.82, 2.24) is 10.2 Å². The van der Waals surface area contributed by atoms with Gasteiger partial charge in [0.15, 0.2) is 6.61 Å². The van der Waals surface area contributed by atoms with Crippen molar-refractivity contribution in [2.75, 3.05) is 33.3 Å². The zero-order valence-corrected chi connectivity index (χ0v) is 14.9. The van der Waals surface area contributed by atoms with Crippen LogP contribution in [0.4, 0.5) is 13.2 Å². The van der Waals surface area contributed by atoms with Crippen LogP contribution >= 0.6 is 0 Å². The molecule has 1 aliphatic heterocycles. The molecular formula is C18H27F3N2O. The van der Waals surface area contributed by atoms with Gasteiger partial charge in [-0.05, 0) is 56.0 Å². The molecule has 3 nitrogen and oxygen atoms in total. The number of ether oxygens (including phenoxy) is 1. The van der Waals surface area contributed by atoms with Gasteiger partial charge in [0.05, 0.1) is 0 Å². The van der Waals surface area contributed by atoms with Crippen molar-refractivity contribution in [1.29, 1.82) is 0 Å². The molecule has 0 saturated carbocycles. The lowest BCUT2D eigenvalue weighted by molar-refractivity contribution is -0.153. The topological polar surface area (TPSA) is 24.5 Å². The van der Waals surface area contributed by atoms with Crippen molar-refractivity contribution in [3.05, 3.63) is 28.8 Å². The maximum absolute atomic E-state index is 12.3. The summed E-state index contributed by atoms with van der Waals surface area (Å²) in [6.45, 7) is 8.48. The summed E-state index contributed by atoms with van der Waals surface area (Å²) >= 11 is 0. The average Bonchev–Trinajstić information content (AvgIpc) is 2.82. The molecule has 1 heterocycles. The van der Waals surface area contributed by atoms with E-state index in [4.69, 9.17) is 4.74 Å². The van der Waals surface area contributed by atoms with E-state index in [2.05, 4.69) is 24.2 Å². The quantitative estimate of drug-likeness (QED) is 0.852. The Morgan fingerprint density at radius 1 is 1.25 bits per heavy atom. The van der Waals surface area contributed by atoms with Crippen molar-refractivity contribution < 1.29 is 17.9 Å². The minimum atomic E-state index is -4.32. The lowest BCUT2D eigenvalue weighted by Crippen LogP contribution is -2.34. The molecule has 0 bridgehead atoms. The van der Waals surface area contributed by atoms with Crippen molar-refractivity contribution in [3.63, 3.8) is 0 Å². The van der Waals surface area contributed by atoms with Crippen molar-refractivity contribution in [3.8, 4) is 5.75 Å². The summed E-state index contributed by atoms with van der Waals surface area (Å²) in [6.07, 6.45) is -3.15. The Morgan fingerprint density at radius 2 is 1.88 bits per heavy atom. The van der Waals surface area contributed by atoms with E-state index in [0.717, 1.165) is 42.9 Å². The normalized spacial score (nSPS) is 21.5. The standard InChI is InChI=1S/C18H27F3N2O/c1-13-7-15(8-14(2)16(13)24-12-18(19,20)21)9-23(4)11-17(3)5-6-22-10-17/h7-8,22H,5-6,9-12H2,1-4H3. The molecule has 1 fully saturated rings. The number of rotatable bonds is 6. The molecule has 1 aromatic rings. The first-order chi connectivity index (χ1) is 11.1. The van der Waals surface area contributed by atoms with E-state index in [1.807, 2.05) is 12.1 Å². The highest BCUT2D eigenvalue weighted by Crippen LogP contribution is 2.29. The van der Waals surface area contributed by atoms with Crippen LogP contribution in [0, 0.1) is 19.3 Å². The largest absolute Gasteiger partial charge is 0.484 e. The van der Waals surface area contributed by atoms with Gasteiger partial charge >= 0.3 is 6.18 Å². The maximum atomic E-state index is 12.3. The Kier molecular flexibility index (Phi) is 5.81. The summed E-state index contributed by atoms with van der Waals surface area (Å²) in [5.41, 5.74) is 2.88. The second-order valence-electron chi connectivity index (χ2n) is 7.37. The van der Waals surface area contributed by atoms with E-state index in [-0.39, 0.29) is 5.41 Å². The Labute approximate surface area is 142 Å². The lowest BCUT2D eigenvalue weighted by atomic mass is 9.89. The Hall–Kier alpha value is -1.27. The molecule has 1 unspecified atom stereocenters. The van der Waals surface area contributed by atoms with Crippen LogP contribution in [0.25, 0.3) is 0 Å². The third-order valence-electron chi connectivity index (χ3n) is 4.46. The number of aryl methyl sites for hydroxylation is 2. The summed E-state index contributed by atoms with van der Waals surface area (Å²) in [5, 5.41) is 3.40. The van der Waals surface area contributed by atoms with Crippen molar-refractivity contribution in [2.45, 2.75) is 39.9 Å². The molecule has 1 saturated heterocycles. The molecule has 0 radical (unpaired) electrons. The van der Waals surface area contributed by atoms with Crippen molar-refractivity contribution >= 4 is 0 Å². The van der Waals surface area contributed by atoms with Gasteiger partial charge in [-0.25, -0.2) is 0 Å². The van der Waals surface area contributed by atoms with Gasteiger partial charge in [0.25, 0.3) is 0 Å². The third-order valence-corrected chi connectivity index (χ3v) is 4.46. The third kappa shape index (κ3) is 5.38. The second-order valence-corrected chi connectivity index (χ2v) is 7.37. The van der Waals surface area contributed by atoms with E-state index in [1.165, 1.54) is 6.42 Å². The maximum Gasteiger partial charge on any atom is 0.422 e. The van der Waals surface area contributed by atoms with Gasteiger partial charge in [-0.3, -0.25) is 0 Å². The van der Waals surface area contributed by atoms with Crippen LogP contribution in [0.5, 0.6) is 5.75 Å². The average molecular weight is 344 g/mol. The summed E-state index contributed by atoms with van der Waals surface area (Å²) < 4.78 is 42.0. The predicted molar refractivity (Wildman–Crippen MR) is 89.4 cm³/mol. The van der Waals surface area contributed by atoms with Gasteiger partial charge in [0.1, 0.15) is 5.75 Å². The van der Waals surface area contributed by atoms with Crippen LogP contribution < -0.4 is 10.1 Å². The number of nitrogens with one attached hydrogen (secondary N) is 1. The number of halogens is 3. The van der Waals surface area contributed by atoms with E-state index in [0.29, 0.717) is 5.75 Å². The molecule has 0 aromatic heterocycles. The van der Waals surface area contributed by atoms with Gasteiger partial charge in [0, 0.05) is 19.6 Å². The molecule has 136 valence electrons. The molecule has 1 aromatic carbocycles. The second kappa shape index (κ2) is 7.31. The highest BCUT2D eigenvalue weighted by molar-refractivity contribution is 5.43. The zero-order valence-electron chi connectivity index (χ0n) is 14.9. The number of hydrogen-bond acceptors (Lipinski definition) is 3. The fraction of sp³-hybridized carbons (Fsp3) is 0.667. The lowest BCUT2D eigenvalue weighted by Gasteiger charge is -2.29. The van der Waals surface area contributed by atoms with Gasteiger partial charge < -0.3 is 15.0 Å². The smallest absolute Gasteiger partial charge is 0.422 e. The fourth-order valence-corrected chi connectivity index (χ4v) is 3.54. The van der Waals surface area contributed by atoms with E-state index in [1.54, 1.807) is 13.8 Å². The molecule has 1 N–H and O–H groups in total. The summed E-state index contributed by atoms with van der Waals surface area (Å²) in [4.78, 5) is 2.28. The molecule has 1 atom stereocenters. The van der Waals surface area contributed by atoms with Gasteiger partial charge in [-0.2, -0.15) is 13.2 Å². The molecule has 0 amide bonds. The summed E-state index contributed by atoms with van der Waals surface area (Å²) in [5.74, 6) is 0.339. The first-order valence-electron chi connectivity index (χ1n) is 8.27. The number of benzene rings is 1. The zero-order chi connectivity index (χ0) is 18.0. The van der Waals surface area contributed by atoms with Gasteiger partial charge in [-0.15, -0.1) is 0 Å². The highest BCUT2D eigenvalue weighted by atomic mass is 19.4. The van der Waals surface area contributed by atoms with Crippen molar-refractivity contribution in [2.24, 2.45) is 5.41 Å². The highest BCUT2D eigenvalue weighted by Gasteiger charge is 2.30. The Balaban J connectivity index is 2.01. The Bertz CT molecular complexity index is 543. The Morgan fingerprint density at radius 3 is 2.38 bits per heavy atom. The van der Waals surface area contributed by atoms with E-state index in [9.17, 15) is 13.2 Å². The summed E-state index contributed by atoms with van der Waals surface area (Å²) in [7, 11) is 2.09. The first-order valence-corrected chi connectivity index (χ1v) is 8.27. The minimum Gasteiger partial charge on any atom is -0.484 e. The van der Waals surface area contributed by atoms with Crippen LogP contribution in [0.2, 0.25) is 0 Å². The van der Waals surface area contributed by atoms with Gasteiger partial charge in [-0.1, -0.05) is 19.1 Å². The molecule has 2 rings (SSSR count). The van der Waals surface area contributed by atoms with Crippen LogP contribution in [-0.4, -0.2) is 44.4 Å². The van der Waals surface area contributed by atoms with E-state index < -0.39 is 12.8 Å². The number of alkyl halides is 3. The van der Waals surface area contributed by atoms with Crippen LogP contribution in [-0.2, 0) is 6.54 Å². The number of nitrogens with zero attached hydrogens (tertiary/aromatic N) is 1. The fourth-order valence-electron chi connectivity index (χ4n) is 3.54. The minimum absolute atomic E-state index is 0.286. The predicted octanol–water partition coefficient (Wildman–Crippen LogP) is 3.68. The van der Waals surface area contributed by atoms with Crippen LogP contribution in [0.1, 0.15) is 30.0 Å². The monoisotopic (exact) mass is 344 g/mol. The SMILES string of the molecule is Cc1cc(CN(C)CC2(C)CCNC2)cc(C)c1OCC(F)(F)F. The molecule has 1 aliphatic rings. The summed E-state index contributed by atoms with van der Waals surface area (Å²) in [6, 6.07) is 3.84.